The molecule has 7 N–H and O–H groups in total. The number of aliphatic hydroxyl groups excluding tert-OH is 6. The molecule has 2 aliphatic rings. The van der Waals surface area contributed by atoms with Crippen LogP contribution in [0.5, 0.6) is 0 Å². The van der Waals surface area contributed by atoms with Gasteiger partial charge in [0.1, 0.15) is 76.8 Å². The summed E-state index contributed by atoms with van der Waals surface area (Å²) in [5.41, 5.74) is -2.16. The minimum absolute atomic E-state index is 0.126. The third-order valence-corrected chi connectivity index (χ3v) is 9.56. The fourth-order valence-electron chi connectivity index (χ4n) is 5.73. The van der Waals surface area contributed by atoms with Gasteiger partial charge in [-0.25, -0.2) is 27.5 Å². The Morgan fingerprint density at radius 3 is 1.76 bits per heavy atom. The zero-order valence-corrected chi connectivity index (χ0v) is 26.6. The van der Waals surface area contributed by atoms with E-state index in [1.807, 2.05) is 0 Å². The number of benzene rings is 1. The molecule has 2 fully saturated rings. The van der Waals surface area contributed by atoms with Gasteiger partial charge in [0, 0.05) is 24.2 Å². The fraction of sp³-hybridized carbons (Fsp3) is 0.448. The number of hydrogen-bond donors (Lipinski definition) is 7. The van der Waals surface area contributed by atoms with E-state index in [0.717, 1.165) is 22.6 Å². The van der Waals surface area contributed by atoms with Crippen LogP contribution in [-0.4, -0.2) is 132 Å². The van der Waals surface area contributed by atoms with E-state index in [4.69, 9.17) is 9.47 Å². The lowest BCUT2D eigenvalue weighted by Gasteiger charge is -2.46. The monoisotopic (exact) mass is 724 g/mol. The number of nitrogens with zero attached hydrogens (tertiary/aromatic N) is 7. The van der Waals surface area contributed by atoms with Gasteiger partial charge in [-0.1, -0.05) is 22.2 Å². The zero-order chi connectivity index (χ0) is 35.9. The molecule has 1 amide bonds. The third-order valence-electron chi connectivity index (χ3n) is 8.24. The van der Waals surface area contributed by atoms with E-state index in [9.17, 15) is 48.6 Å². The molecule has 1 aromatic carbocycles. The highest BCUT2D eigenvalue weighted by molar-refractivity contribution is 8.00. The first-order chi connectivity index (χ1) is 23.9. The van der Waals surface area contributed by atoms with Gasteiger partial charge in [-0.2, -0.15) is 0 Å². The molecule has 6 rings (SSSR count). The standard InChI is InChI=1S/C29H31F3N8O9S/c1-11(43)34-20-3-2-12(6-33-20)16-7-39(37-35-16)22-24(44)18(9-41)48-28(26(22)46)50-29-27(47)23(25(45)19(10-42)49-29)40-8-17(36-38-40)13-4-14(30)21(32)15(31)5-13/h2-8,18-19,22-29,41-42,44-47H,9-10H2,1H3,(H,33,34,43)/t18-,19?,22?,23+,24?,25+,26-,27?,28?,29+/m1/s1. The highest BCUT2D eigenvalue weighted by atomic mass is 32.2. The van der Waals surface area contributed by atoms with Crippen molar-refractivity contribution in [1.82, 2.24) is 35.0 Å². The molecular formula is C29H31F3N8O9S. The van der Waals surface area contributed by atoms with Gasteiger partial charge in [0.25, 0.3) is 0 Å². The SMILES string of the molecule is CC(=O)Nc1ccc(-c2cn(C3C(O)[C@@H](CO)OC(S[C@@H]4OC(CO)[C@H](O)[C@H](n5cc(-c6cc(F)c(F)c(F)c6)nn5)C4O)[C@@H]3O)nn2)cn1. The summed E-state index contributed by atoms with van der Waals surface area (Å²) in [5, 5.41) is 83.3. The van der Waals surface area contributed by atoms with Crippen LogP contribution in [0.2, 0.25) is 0 Å². The van der Waals surface area contributed by atoms with Gasteiger partial charge in [-0.3, -0.25) is 4.79 Å². The van der Waals surface area contributed by atoms with E-state index in [1.165, 1.54) is 24.0 Å². The highest BCUT2D eigenvalue weighted by Gasteiger charge is 2.51. The van der Waals surface area contributed by atoms with Crippen molar-refractivity contribution < 1.29 is 58.1 Å². The first-order valence-corrected chi connectivity index (χ1v) is 16.0. The Bertz CT molecular complexity index is 1800. The average molecular weight is 725 g/mol. The van der Waals surface area contributed by atoms with Crippen LogP contribution in [-0.2, 0) is 14.3 Å². The zero-order valence-electron chi connectivity index (χ0n) is 25.8. The summed E-state index contributed by atoms with van der Waals surface area (Å²) in [5.74, 6) is -4.61. The molecular weight excluding hydrogens is 693 g/mol. The van der Waals surface area contributed by atoms with Gasteiger partial charge in [0.15, 0.2) is 17.5 Å². The summed E-state index contributed by atoms with van der Waals surface area (Å²) in [4.78, 5) is 15.4. The minimum atomic E-state index is -1.68. The van der Waals surface area contributed by atoms with E-state index >= 15 is 0 Å². The summed E-state index contributed by atoms with van der Waals surface area (Å²) in [6.45, 7) is -0.0741. The predicted molar refractivity (Wildman–Crippen MR) is 164 cm³/mol. The molecule has 10 atom stereocenters. The first kappa shape index (κ1) is 35.8. The van der Waals surface area contributed by atoms with Crippen LogP contribution in [0.4, 0.5) is 19.0 Å². The molecule has 0 radical (unpaired) electrons. The molecule has 0 saturated carbocycles. The highest BCUT2D eigenvalue weighted by Crippen LogP contribution is 2.42. The van der Waals surface area contributed by atoms with Crippen molar-refractivity contribution >= 4 is 23.5 Å². The largest absolute Gasteiger partial charge is 0.394 e. The number of halogens is 3. The number of carbonyl (C=O) groups excluding carboxylic acids is 1. The smallest absolute Gasteiger partial charge is 0.222 e. The number of ether oxygens (including phenoxy) is 2. The van der Waals surface area contributed by atoms with Crippen LogP contribution in [0.15, 0.2) is 42.9 Å². The molecule has 0 aliphatic carbocycles. The Morgan fingerprint density at radius 1 is 0.820 bits per heavy atom. The third kappa shape index (κ3) is 6.95. The number of pyridine rings is 1. The molecule has 268 valence electrons. The van der Waals surface area contributed by atoms with Gasteiger partial charge in [-0.15, -0.1) is 10.2 Å². The van der Waals surface area contributed by atoms with Crippen molar-refractivity contribution in [3.63, 3.8) is 0 Å². The fourth-order valence-corrected chi connectivity index (χ4v) is 7.05. The van der Waals surface area contributed by atoms with E-state index < -0.39 is 90.2 Å². The maximum absolute atomic E-state index is 13.9. The van der Waals surface area contributed by atoms with Gasteiger partial charge < -0.3 is 45.4 Å². The normalized spacial score (nSPS) is 30.0. The molecule has 3 aromatic heterocycles. The van der Waals surface area contributed by atoms with Crippen LogP contribution < -0.4 is 5.32 Å². The van der Waals surface area contributed by atoms with Crippen molar-refractivity contribution in [3.05, 3.63) is 60.3 Å². The molecule has 0 spiro atoms. The van der Waals surface area contributed by atoms with Crippen molar-refractivity contribution in [2.24, 2.45) is 0 Å². The maximum Gasteiger partial charge on any atom is 0.222 e. The van der Waals surface area contributed by atoms with E-state index in [0.29, 0.717) is 29.2 Å². The molecule has 4 aromatic rings. The average Bonchev–Trinajstić information content (AvgIpc) is 3.77. The molecule has 5 heterocycles. The summed E-state index contributed by atoms with van der Waals surface area (Å²) in [7, 11) is 0. The Balaban J connectivity index is 1.23. The van der Waals surface area contributed by atoms with E-state index in [-0.39, 0.29) is 17.2 Å². The van der Waals surface area contributed by atoms with Gasteiger partial charge in [0.2, 0.25) is 5.91 Å². The van der Waals surface area contributed by atoms with Gasteiger partial charge >= 0.3 is 0 Å². The van der Waals surface area contributed by atoms with Crippen LogP contribution in [0, 0.1) is 17.5 Å². The van der Waals surface area contributed by atoms with Crippen molar-refractivity contribution in [3.8, 4) is 22.5 Å². The molecule has 17 nitrogen and oxygen atoms in total. The minimum Gasteiger partial charge on any atom is -0.394 e. The van der Waals surface area contributed by atoms with E-state index in [1.54, 1.807) is 12.1 Å². The summed E-state index contributed by atoms with van der Waals surface area (Å²) in [6.07, 6.45) is -4.85. The summed E-state index contributed by atoms with van der Waals surface area (Å²) < 4.78 is 55.0. The lowest BCUT2D eigenvalue weighted by Crippen LogP contribution is -2.58. The lowest BCUT2D eigenvalue weighted by atomic mass is 9.97. The van der Waals surface area contributed by atoms with Crippen LogP contribution in [0.25, 0.3) is 22.5 Å². The number of aliphatic hydroxyl groups is 6. The van der Waals surface area contributed by atoms with Gasteiger partial charge in [0.05, 0.1) is 25.6 Å². The van der Waals surface area contributed by atoms with Crippen molar-refractivity contribution in [2.75, 3.05) is 18.5 Å². The van der Waals surface area contributed by atoms with Crippen molar-refractivity contribution in [2.45, 2.75) is 66.5 Å². The Morgan fingerprint density at radius 2 is 1.32 bits per heavy atom. The number of hydrogen-bond acceptors (Lipinski definition) is 15. The van der Waals surface area contributed by atoms with E-state index in [2.05, 4.69) is 30.9 Å². The first-order valence-electron chi connectivity index (χ1n) is 15.0. The second-order valence-electron chi connectivity index (χ2n) is 11.6. The van der Waals surface area contributed by atoms with Gasteiger partial charge in [-0.05, 0) is 24.3 Å². The number of amides is 1. The number of aromatic nitrogens is 7. The predicted octanol–water partition coefficient (Wildman–Crippen LogP) is -0.632. The maximum atomic E-state index is 13.9. The Hall–Kier alpha value is -4.06. The molecule has 2 aliphatic heterocycles. The second-order valence-corrected chi connectivity index (χ2v) is 12.8. The molecule has 2 saturated heterocycles. The van der Waals surface area contributed by atoms with Crippen LogP contribution in [0.3, 0.4) is 0 Å². The lowest BCUT2D eigenvalue weighted by molar-refractivity contribution is -0.189. The summed E-state index contributed by atoms with van der Waals surface area (Å²) in [6, 6.07) is 1.95. The Kier molecular flexibility index (Phi) is 10.5. The number of thioether (sulfide) groups is 1. The molecule has 50 heavy (non-hydrogen) atoms. The second kappa shape index (κ2) is 14.7. The molecule has 0 bridgehead atoms. The number of carbonyl (C=O) groups is 1. The van der Waals surface area contributed by atoms with Crippen LogP contribution >= 0.6 is 11.8 Å². The number of anilines is 1. The van der Waals surface area contributed by atoms with Crippen LogP contribution in [0.1, 0.15) is 19.0 Å². The van der Waals surface area contributed by atoms with Crippen molar-refractivity contribution in [1.29, 1.82) is 0 Å². The molecule has 21 heteroatoms. The summed E-state index contributed by atoms with van der Waals surface area (Å²) >= 11 is 0.718. The quantitative estimate of drug-likeness (QED) is 0.106. The topological polar surface area (TPSA) is 243 Å². The Labute approximate surface area is 284 Å². The molecule has 5 unspecified atom stereocenters. The number of nitrogens with one attached hydrogen (secondary N) is 1. The number of rotatable bonds is 9.